The van der Waals surface area contributed by atoms with E-state index >= 15 is 0 Å². The molecule has 0 aliphatic carbocycles. The van der Waals surface area contributed by atoms with Crippen LogP contribution in [0.4, 0.5) is 0 Å². The van der Waals surface area contributed by atoms with Crippen molar-refractivity contribution in [2.45, 2.75) is 123 Å². The van der Waals surface area contributed by atoms with Crippen molar-refractivity contribution in [3.8, 4) is 0 Å². The highest BCUT2D eigenvalue weighted by Crippen LogP contribution is 2.30. The Hall–Kier alpha value is -0.313. The van der Waals surface area contributed by atoms with E-state index in [1.54, 1.807) is 0 Å². The van der Waals surface area contributed by atoms with E-state index in [1.165, 1.54) is 82.3 Å². The molecule has 0 rings (SSSR count). The van der Waals surface area contributed by atoms with Gasteiger partial charge in [-0.1, -0.05) is 91.9 Å². The smallest absolute Gasteiger partial charge is 0.292 e. The van der Waals surface area contributed by atoms with E-state index in [2.05, 4.69) is 27.7 Å². The van der Waals surface area contributed by atoms with E-state index in [0.29, 0.717) is 6.42 Å². The number of carbonyl (C=O) groups is 1. The molecule has 0 bridgehead atoms. The molecule has 23 heavy (non-hydrogen) atoms. The second kappa shape index (κ2) is 15.2. The molecule has 0 atom stereocenters. The first kappa shape index (κ1) is 22.7. The van der Waals surface area contributed by atoms with Crippen LogP contribution >= 0.6 is 0 Å². The Morgan fingerprint density at radius 2 is 1.09 bits per heavy atom. The summed E-state index contributed by atoms with van der Waals surface area (Å²) < 4.78 is 6.25. The molecule has 0 amide bonds. The van der Waals surface area contributed by atoms with Gasteiger partial charge in [-0.2, -0.15) is 0 Å². The molecule has 0 saturated carbocycles. The van der Waals surface area contributed by atoms with Gasteiger partial charge >= 0.3 is 0 Å². The number of unbranched alkanes of at least 4 members (excludes halogenated alkanes) is 7. The third-order valence-corrected chi connectivity index (χ3v) is 9.23. The number of rotatable bonds is 16. The molecular formula is C20H42O2Si. The Balaban J connectivity index is 4.51. The van der Waals surface area contributed by atoms with E-state index in [-0.39, 0.29) is 5.97 Å². The van der Waals surface area contributed by atoms with Gasteiger partial charge in [0, 0.05) is 6.42 Å². The lowest BCUT2D eigenvalue weighted by atomic mass is 10.1. The molecule has 0 aromatic carbocycles. The van der Waals surface area contributed by atoms with E-state index in [0.717, 1.165) is 6.42 Å². The molecule has 2 nitrogen and oxygen atoms in total. The van der Waals surface area contributed by atoms with E-state index in [9.17, 15) is 4.79 Å². The molecule has 0 heterocycles. The van der Waals surface area contributed by atoms with Crippen LogP contribution in [0.3, 0.4) is 0 Å². The highest BCUT2D eigenvalue weighted by molar-refractivity contribution is 6.75. The Labute approximate surface area is 146 Å². The van der Waals surface area contributed by atoms with Crippen molar-refractivity contribution in [3.63, 3.8) is 0 Å². The minimum Gasteiger partial charge on any atom is -0.519 e. The number of hydrogen-bond acceptors (Lipinski definition) is 2. The highest BCUT2D eigenvalue weighted by atomic mass is 28.4. The lowest BCUT2D eigenvalue weighted by molar-refractivity contribution is -0.135. The SMILES string of the molecule is CCCCCCCC(=O)O[Si](CCCC)(CCCC)CCCC. The summed E-state index contributed by atoms with van der Waals surface area (Å²) >= 11 is 0. The fourth-order valence-electron chi connectivity index (χ4n) is 3.19. The molecule has 0 aromatic rings. The Morgan fingerprint density at radius 1 is 0.652 bits per heavy atom. The monoisotopic (exact) mass is 342 g/mol. The average Bonchev–Trinajstić information content (AvgIpc) is 2.56. The van der Waals surface area contributed by atoms with Gasteiger partial charge in [-0.15, -0.1) is 0 Å². The second-order valence-corrected chi connectivity index (χ2v) is 11.2. The molecule has 0 aliphatic heterocycles. The molecule has 3 heteroatoms. The van der Waals surface area contributed by atoms with Crippen LogP contribution in [0.2, 0.25) is 18.1 Å². The molecule has 0 N–H and O–H groups in total. The third kappa shape index (κ3) is 11.8. The van der Waals surface area contributed by atoms with Crippen molar-refractivity contribution in [2.75, 3.05) is 0 Å². The van der Waals surface area contributed by atoms with Crippen LogP contribution in [-0.2, 0) is 9.22 Å². The van der Waals surface area contributed by atoms with Crippen LogP contribution in [0, 0.1) is 0 Å². The minimum absolute atomic E-state index is 0.108. The first-order valence-corrected chi connectivity index (χ1v) is 12.9. The standard InChI is InChI=1S/C20H42O2Si/c1-5-9-13-14-15-16-20(21)22-23(17-10-6-2,18-11-7-3)19-12-8-4/h5-19H2,1-4H3. The summed E-state index contributed by atoms with van der Waals surface area (Å²) in [6, 6.07) is 3.56. The number of hydrogen-bond donors (Lipinski definition) is 0. The normalized spacial score (nSPS) is 11.7. The van der Waals surface area contributed by atoms with Crippen molar-refractivity contribution in [3.05, 3.63) is 0 Å². The maximum absolute atomic E-state index is 12.4. The lowest BCUT2D eigenvalue weighted by Gasteiger charge is -2.31. The van der Waals surface area contributed by atoms with Crippen molar-refractivity contribution in [1.29, 1.82) is 0 Å². The van der Waals surface area contributed by atoms with E-state index < -0.39 is 8.32 Å². The molecular weight excluding hydrogens is 300 g/mol. The van der Waals surface area contributed by atoms with Crippen LogP contribution in [0.25, 0.3) is 0 Å². The Kier molecular flexibility index (Phi) is 15.0. The largest absolute Gasteiger partial charge is 0.519 e. The Bertz CT molecular complexity index is 257. The van der Waals surface area contributed by atoms with Gasteiger partial charge in [0.2, 0.25) is 0 Å². The number of carbonyl (C=O) groups excluding carboxylic acids is 1. The lowest BCUT2D eigenvalue weighted by Crippen LogP contribution is -2.40. The van der Waals surface area contributed by atoms with Crippen molar-refractivity contribution in [2.24, 2.45) is 0 Å². The first-order valence-electron chi connectivity index (χ1n) is 10.4. The van der Waals surface area contributed by atoms with Gasteiger partial charge < -0.3 is 4.43 Å². The zero-order chi connectivity index (χ0) is 17.4. The predicted molar refractivity (Wildman–Crippen MR) is 104 cm³/mol. The summed E-state index contributed by atoms with van der Waals surface area (Å²) in [5.74, 6) is 0.108. The molecule has 0 unspecified atom stereocenters. The summed E-state index contributed by atoms with van der Waals surface area (Å²) in [4.78, 5) is 12.4. The minimum atomic E-state index is -1.85. The van der Waals surface area contributed by atoms with Gasteiger partial charge in [-0.05, 0) is 24.6 Å². The van der Waals surface area contributed by atoms with Crippen LogP contribution < -0.4 is 0 Å². The van der Waals surface area contributed by atoms with Crippen molar-refractivity contribution < 1.29 is 9.22 Å². The maximum atomic E-state index is 12.4. The summed E-state index contributed by atoms with van der Waals surface area (Å²) in [5, 5.41) is 0. The van der Waals surface area contributed by atoms with Gasteiger partial charge in [-0.25, -0.2) is 0 Å². The quantitative estimate of drug-likeness (QED) is 0.218. The van der Waals surface area contributed by atoms with Gasteiger partial charge in [0.1, 0.15) is 0 Å². The fraction of sp³-hybridized carbons (Fsp3) is 0.950. The summed E-state index contributed by atoms with van der Waals surface area (Å²) in [7, 11) is -1.85. The summed E-state index contributed by atoms with van der Waals surface area (Å²) in [6.45, 7) is 8.96. The molecule has 0 saturated heterocycles. The fourth-order valence-corrected chi connectivity index (χ4v) is 7.83. The third-order valence-electron chi connectivity index (χ3n) is 4.77. The van der Waals surface area contributed by atoms with Crippen molar-refractivity contribution >= 4 is 14.3 Å². The maximum Gasteiger partial charge on any atom is 0.292 e. The Morgan fingerprint density at radius 3 is 1.52 bits per heavy atom. The zero-order valence-corrected chi connectivity index (χ0v) is 17.4. The summed E-state index contributed by atoms with van der Waals surface area (Å²) in [6.07, 6.45) is 13.9. The van der Waals surface area contributed by atoms with Gasteiger partial charge in [0.05, 0.1) is 0 Å². The van der Waals surface area contributed by atoms with Crippen LogP contribution in [-0.4, -0.2) is 14.3 Å². The second-order valence-electron chi connectivity index (χ2n) is 7.13. The van der Waals surface area contributed by atoms with Gasteiger partial charge in [0.15, 0.2) is 0 Å². The topological polar surface area (TPSA) is 26.3 Å². The zero-order valence-electron chi connectivity index (χ0n) is 16.4. The molecule has 0 radical (unpaired) electrons. The highest BCUT2D eigenvalue weighted by Gasteiger charge is 2.36. The predicted octanol–water partition coefficient (Wildman–Crippen LogP) is 7.24. The average molecular weight is 343 g/mol. The van der Waals surface area contributed by atoms with Crippen LogP contribution in [0.15, 0.2) is 0 Å². The van der Waals surface area contributed by atoms with Gasteiger partial charge in [-0.3, -0.25) is 4.79 Å². The van der Waals surface area contributed by atoms with Crippen molar-refractivity contribution in [1.82, 2.24) is 0 Å². The summed E-state index contributed by atoms with van der Waals surface area (Å²) in [5.41, 5.74) is 0. The molecule has 0 aliphatic rings. The molecule has 0 spiro atoms. The van der Waals surface area contributed by atoms with E-state index in [4.69, 9.17) is 4.43 Å². The molecule has 0 fully saturated rings. The first-order chi connectivity index (χ1) is 11.1. The van der Waals surface area contributed by atoms with E-state index in [1.807, 2.05) is 0 Å². The van der Waals surface area contributed by atoms with Crippen LogP contribution in [0.1, 0.15) is 105 Å². The van der Waals surface area contributed by atoms with Gasteiger partial charge in [0.25, 0.3) is 14.3 Å². The molecule has 138 valence electrons. The molecule has 0 aromatic heterocycles. The van der Waals surface area contributed by atoms with Crippen LogP contribution in [0.5, 0.6) is 0 Å².